The van der Waals surface area contributed by atoms with E-state index in [1.54, 1.807) is 0 Å². The minimum atomic E-state index is -1.47. The fraction of sp³-hybridized carbons (Fsp3) is 1.00. The summed E-state index contributed by atoms with van der Waals surface area (Å²) in [6, 6.07) is 2.36. The summed E-state index contributed by atoms with van der Waals surface area (Å²) in [7, 11) is -1.47. The zero-order valence-corrected chi connectivity index (χ0v) is 13.6. The maximum Gasteiger partial charge on any atom is 0.322 e. The molecule has 0 saturated carbocycles. The van der Waals surface area contributed by atoms with E-state index < -0.39 is 9.28 Å². The molecule has 0 aromatic rings. The molecule has 2 atom stereocenters. The molecule has 1 aliphatic heterocycles. The fourth-order valence-electron chi connectivity index (χ4n) is 2.71. The van der Waals surface area contributed by atoms with E-state index in [4.69, 9.17) is 8.85 Å². The molecule has 4 nitrogen and oxygen atoms in total. The highest BCUT2D eigenvalue weighted by Gasteiger charge is 2.28. The molecule has 0 spiro atoms. The van der Waals surface area contributed by atoms with Gasteiger partial charge in [0.1, 0.15) is 0 Å². The third-order valence-electron chi connectivity index (χ3n) is 3.66. The van der Waals surface area contributed by atoms with Crippen LogP contribution in [0.25, 0.3) is 0 Å². The molecule has 108 valence electrons. The van der Waals surface area contributed by atoms with Crippen LogP contribution < -0.4 is 5.32 Å². The van der Waals surface area contributed by atoms with Gasteiger partial charge in [-0.05, 0) is 27.2 Å². The van der Waals surface area contributed by atoms with E-state index in [0.717, 1.165) is 38.9 Å². The van der Waals surface area contributed by atoms with Crippen molar-refractivity contribution in [3.8, 4) is 0 Å². The quantitative estimate of drug-likeness (QED) is 0.678. The highest BCUT2D eigenvalue weighted by molar-refractivity contribution is 6.44. The van der Waals surface area contributed by atoms with Crippen LogP contribution in [0.1, 0.15) is 34.1 Å². The lowest BCUT2D eigenvalue weighted by Crippen LogP contribution is -2.54. The first-order valence-electron chi connectivity index (χ1n) is 7.42. The van der Waals surface area contributed by atoms with Gasteiger partial charge in [0.05, 0.1) is 0 Å². The van der Waals surface area contributed by atoms with E-state index >= 15 is 0 Å². The van der Waals surface area contributed by atoms with Gasteiger partial charge in [-0.25, -0.2) is 0 Å². The third-order valence-corrected chi connectivity index (χ3v) is 6.00. The van der Waals surface area contributed by atoms with E-state index in [2.05, 4.69) is 37.9 Å². The second-order valence-corrected chi connectivity index (χ2v) is 6.93. The summed E-state index contributed by atoms with van der Waals surface area (Å²) >= 11 is 0. The molecule has 0 aromatic carbocycles. The molecule has 1 N–H and O–H groups in total. The molecule has 0 amide bonds. The molecule has 0 radical (unpaired) electrons. The van der Waals surface area contributed by atoms with Crippen LogP contribution in [0.5, 0.6) is 0 Å². The molecule has 1 aliphatic rings. The van der Waals surface area contributed by atoms with Gasteiger partial charge >= 0.3 is 9.28 Å². The average molecular weight is 274 g/mol. The number of rotatable bonds is 8. The lowest BCUT2D eigenvalue weighted by atomic mass is 10.1. The molecule has 0 aromatic heterocycles. The van der Waals surface area contributed by atoms with E-state index in [1.165, 1.54) is 6.42 Å². The van der Waals surface area contributed by atoms with Gasteiger partial charge in [-0.15, -0.1) is 0 Å². The predicted molar refractivity (Wildman–Crippen MR) is 78.3 cm³/mol. The van der Waals surface area contributed by atoms with Gasteiger partial charge in [-0.1, -0.05) is 6.92 Å². The number of nitrogens with zero attached hydrogens (tertiary/aromatic N) is 1. The second-order valence-electron chi connectivity index (χ2n) is 4.93. The van der Waals surface area contributed by atoms with E-state index in [-0.39, 0.29) is 0 Å². The van der Waals surface area contributed by atoms with Gasteiger partial charge in [0.2, 0.25) is 0 Å². The van der Waals surface area contributed by atoms with Crippen molar-refractivity contribution >= 4 is 9.28 Å². The average Bonchev–Trinajstić information content (AvgIpc) is 2.37. The molecule has 1 heterocycles. The monoisotopic (exact) mass is 274 g/mol. The van der Waals surface area contributed by atoms with Gasteiger partial charge in [0.25, 0.3) is 0 Å². The highest BCUT2D eigenvalue weighted by atomic mass is 28.3. The number of hydrogen-bond acceptors (Lipinski definition) is 4. The van der Waals surface area contributed by atoms with Crippen molar-refractivity contribution in [2.24, 2.45) is 0 Å². The molecule has 2 unspecified atom stereocenters. The Bertz CT molecular complexity index is 213. The number of hydrogen-bond donors (Lipinski definition) is 1. The van der Waals surface area contributed by atoms with Crippen LogP contribution in [0.3, 0.4) is 0 Å². The maximum atomic E-state index is 5.82. The zero-order chi connectivity index (χ0) is 13.4. The molecular weight excluding hydrogens is 244 g/mol. The topological polar surface area (TPSA) is 33.7 Å². The van der Waals surface area contributed by atoms with Crippen LogP contribution in [0.2, 0.25) is 6.04 Å². The molecule has 5 heteroatoms. The maximum absolute atomic E-state index is 5.82. The van der Waals surface area contributed by atoms with E-state index in [0.29, 0.717) is 12.1 Å². The Balaban J connectivity index is 2.52. The minimum absolute atomic E-state index is 0.622. The summed E-state index contributed by atoms with van der Waals surface area (Å²) in [6.45, 7) is 13.6. The molecule has 1 saturated heterocycles. The molecular formula is C13H30N2O2Si. The molecule has 1 fully saturated rings. The SMILES string of the molecule is CCO[SiH](CC(CC)N1CCNCC1C)OCC. The van der Waals surface area contributed by atoms with E-state index in [1.807, 2.05) is 0 Å². The summed E-state index contributed by atoms with van der Waals surface area (Å²) in [6.07, 6.45) is 1.19. The fourth-order valence-corrected chi connectivity index (χ4v) is 4.87. The Kier molecular flexibility index (Phi) is 8.09. The smallest absolute Gasteiger partial charge is 0.322 e. The van der Waals surface area contributed by atoms with Gasteiger partial charge < -0.3 is 14.2 Å². The molecule has 18 heavy (non-hydrogen) atoms. The van der Waals surface area contributed by atoms with Crippen molar-refractivity contribution in [1.29, 1.82) is 0 Å². The number of nitrogens with one attached hydrogen (secondary N) is 1. The van der Waals surface area contributed by atoms with Crippen LogP contribution in [0.4, 0.5) is 0 Å². The minimum Gasteiger partial charge on any atom is -0.397 e. The first kappa shape index (κ1) is 16.1. The van der Waals surface area contributed by atoms with Crippen molar-refractivity contribution < 1.29 is 8.85 Å². The molecule has 0 aliphatic carbocycles. The Morgan fingerprint density at radius 1 is 1.28 bits per heavy atom. The van der Waals surface area contributed by atoms with Crippen molar-refractivity contribution in [3.63, 3.8) is 0 Å². The summed E-state index contributed by atoms with van der Waals surface area (Å²) in [5, 5.41) is 3.45. The van der Waals surface area contributed by atoms with Gasteiger partial charge in [-0.3, -0.25) is 4.90 Å². The standard InChI is InChI=1S/C13H30N2O2Si/c1-5-13(11-18(16-6-2)17-7-3)15-9-8-14-10-12(15)4/h12-14,18H,5-11H2,1-4H3. The lowest BCUT2D eigenvalue weighted by molar-refractivity contribution is 0.113. The number of piperazine rings is 1. The van der Waals surface area contributed by atoms with E-state index in [9.17, 15) is 0 Å². The van der Waals surface area contributed by atoms with Gasteiger partial charge in [0, 0.05) is 51.0 Å². The summed E-state index contributed by atoms with van der Waals surface area (Å²) < 4.78 is 11.6. The van der Waals surface area contributed by atoms with Crippen molar-refractivity contribution in [2.45, 2.75) is 52.2 Å². The zero-order valence-electron chi connectivity index (χ0n) is 12.4. The van der Waals surface area contributed by atoms with Crippen LogP contribution >= 0.6 is 0 Å². The van der Waals surface area contributed by atoms with Crippen LogP contribution in [-0.4, -0.2) is 59.1 Å². The van der Waals surface area contributed by atoms with Crippen molar-refractivity contribution in [1.82, 2.24) is 10.2 Å². The van der Waals surface area contributed by atoms with Crippen LogP contribution in [-0.2, 0) is 8.85 Å². The molecule has 0 bridgehead atoms. The van der Waals surface area contributed by atoms with Crippen molar-refractivity contribution in [3.05, 3.63) is 0 Å². The summed E-state index contributed by atoms with van der Waals surface area (Å²) in [5.74, 6) is 0. The van der Waals surface area contributed by atoms with Crippen LogP contribution in [0.15, 0.2) is 0 Å². The highest BCUT2D eigenvalue weighted by Crippen LogP contribution is 2.17. The largest absolute Gasteiger partial charge is 0.397 e. The first-order chi connectivity index (χ1) is 8.72. The van der Waals surface area contributed by atoms with Crippen LogP contribution in [0, 0.1) is 0 Å². The summed E-state index contributed by atoms with van der Waals surface area (Å²) in [5.41, 5.74) is 0. The van der Waals surface area contributed by atoms with Gasteiger partial charge in [0.15, 0.2) is 0 Å². The first-order valence-corrected chi connectivity index (χ1v) is 9.18. The Morgan fingerprint density at radius 2 is 1.94 bits per heavy atom. The summed E-state index contributed by atoms with van der Waals surface area (Å²) in [4.78, 5) is 2.63. The third kappa shape index (κ3) is 4.97. The predicted octanol–water partition coefficient (Wildman–Crippen LogP) is 1.35. The Morgan fingerprint density at radius 3 is 2.44 bits per heavy atom. The Hall–Kier alpha value is 0.0569. The van der Waals surface area contributed by atoms with Gasteiger partial charge in [-0.2, -0.15) is 0 Å². The normalized spacial score (nSPS) is 23.5. The Labute approximate surface area is 114 Å². The van der Waals surface area contributed by atoms with Crippen molar-refractivity contribution in [2.75, 3.05) is 32.8 Å². The lowest BCUT2D eigenvalue weighted by Gasteiger charge is -2.40. The second kappa shape index (κ2) is 9.04. The molecule has 1 rings (SSSR count).